The molecule has 15 heavy (non-hydrogen) atoms. The van der Waals surface area contributed by atoms with E-state index < -0.39 is 0 Å². The molecule has 1 aromatic heterocycles. The molecule has 0 radical (unpaired) electrons. The van der Waals surface area contributed by atoms with Crippen LogP contribution in [0.15, 0.2) is 36.9 Å². The second-order valence-corrected chi connectivity index (χ2v) is 3.80. The fourth-order valence-corrected chi connectivity index (χ4v) is 1.71. The summed E-state index contributed by atoms with van der Waals surface area (Å²) < 4.78 is 0. The first-order chi connectivity index (χ1) is 7.22. The summed E-state index contributed by atoms with van der Waals surface area (Å²) in [6.45, 7) is 8.26. The largest absolute Gasteiger partial charge is 0.248 e. The van der Waals surface area contributed by atoms with E-state index in [9.17, 15) is 0 Å². The van der Waals surface area contributed by atoms with Crippen LogP contribution in [0.4, 0.5) is 0 Å². The number of aryl methyl sites for hydroxylation is 1. The van der Waals surface area contributed by atoms with Crippen molar-refractivity contribution in [2.75, 3.05) is 0 Å². The van der Waals surface area contributed by atoms with Crippen LogP contribution in [0.25, 0.3) is 16.5 Å². The predicted octanol–water partition coefficient (Wildman–Crippen LogP) is 3.97. The van der Waals surface area contributed by atoms with Crippen LogP contribution in [0.2, 0.25) is 0 Å². The van der Waals surface area contributed by atoms with Crippen LogP contribution in [-0.2, 0) is 0 Å². The third-order valence-corrected chi connectivity index (χ3v) is 2.71. The summed E-state index contributed by atoms with van der Waals surface area (Å²) in [6, 6.07) is 10.3. The van der Waals surface area contributed by atoms with Crippen LogP contribution in [0.1, 0.15) is 24.6 Å². The molecular formula is C14H15N. The highest BCUT2D eigenvalue weighted by Gasteiger charge is 2.03. The molecule has 1 heterocycles. The number of pyridine rings is 1. The summed E-state index contributed by atoms with van der Waals surface area (Å²) in [4.78, 5) is 4.61. The highest BCUT2D eigenvalue weighted by molar-refractivity contribution is 5.84. The average Bonchev–Trinajstić information content (AvgIpc) is 2.28. The number of hydrogen-bond donors (Lipinski definition) is 0. The van der Waals surface area contributed by atoms with Gasteiger partial charge in [-0.1, -0.05) is 31.7 Å². The van der Waals surface area contributed by atoms with Gasteiger partial charge in [0.25, 0.3) is 0 Å². The normalized spacial score (nSPS) is 10.5. The van der Waals surface area contributed by atoms with Crippen LogP contribution in [0, 0.1) is 6.92 Å². The number of benzene rings is 1. The smallest absolute Gasteiger partial charge is 0.0712 e. The zero-order valence-corrected chi connectivity index (χ0v) is 9.25. The average molecular weight is 197 g/mol. The Kier molecular flexibility index (Phi) is 2.55. The molecule has 0 atom stereocenters. The van der Waals surface area contributed by atoms with Crippen LogP contribution in [0.5, 0.6) is 0 Å². The van der Waals surface area contributed by atoms with Gasteiger partial charge in [-0.3, -0.25) is 0 Å². The number of allylic oxidation sites excluding steroid dienone is 1. The van der Waals surface area contributed by atoms with E-state index in [1.165, 1.54) is 10.9 Å². The molecule has 0 aliphatic carbocycles. The van der Waals surface area contributed by atoms with E-state index in [0.717, 1.165) is 23.2 Å². The molecular weight excluding hydrogens is 182 g/mol. The number of hydrogen-bond acceptors (Lipinski definition) is 1. The van der Waals surface area contributed by atoms with Crippen molar-refractivity contribution in [3.8, 4) is 0 Å². The van der Waals surface area contributed by atoms with E-state index in [-0.39, 0.29) is 0 Å². The van der Waals surface area contributed by atoms with E-state index in [1.54, 1.807) is 0 Å². The van der Waals surface area contributed by atoms with Gasteiger partial charge in [0.2, 0.25) is 0 Å². The van der Waals surface area contributed by atoms with Gasteiger partial charge in [0.1, 0.15) is 0 Å². The molecule has 0 bridgehead atoms. The Morgan fingerprint density at radius 1 is 1.33 bits per heavy atom. The highest BCUT2D eigenvalue weighted by Crippen LogP contribution is 2.21. The molecule has 0 spiro atoms. The number of nitrogens with zero attached hydrogens (tertiary/aromatic N) is 1. The lowest BCUT2D eigenvalue weighted by Gasteiger charge is -2.07. The quantitative estimate of drug-likeness (QED) is 0.710. The number of para-hydroxylation sites is 1. The third kappa shape index (κ3) is 1.78. The zero-order valence-electron chi connectivity index (χ0n) is 9.25. The fourth-order valence-electron chi connectivity index (χ4n) is 1.71. The molecule has 0 amide bonds. The molecule has 0 aliphatic heterocycles. The Morgan fingerprint density at radius 3 is 2.80 bits per heavy atom. The lowest BCUT2D eigenvalue weighted by atomic mass is 10.1. The maximum atomic E-state index is 4.61. The number of rotatable bonds is 2. The third-order valence-electron chi connectivity index (χ3n) is 2.71. The van der Waals surface area contributed by atoms with Crippen LogP contribution in [-0.4, -0.2) is 4.98 Å². The first-order valence-electron chi connectivity index (χ1n) is 5.27. The molecule has 1 heteroatoms. The monoisotopic (exact) mass is 197 g/mol. The van der Waals surface area contributed by atoms with Crippen molar-refractivity contribution in [1.29, 1.82) is 0 Å². The lowest BCUT2D eigenvalue weighted by Crippen LogP contribution is -1.91. The highest BCUT2D eigenvalue weighted by atomic mass is 14.7. The van der Waals surface area contributed by atoms with Gasteiger partial charge in [0.05, 0.1) is 11.2 Å². The molecule has 1 aromatic carbocycles. The summed E-state index contributed by atoms with van der Waals surface area (Å²) in [6.07, 6.45) is 0.949. The summed E-state index contributed by atoms with van der Waals surface area (Å²) >= 11 is 0. The van der Waals surface area contributed by atoms with Crippen molar-refractivity contribution in [2.45, 2.75) is 20.3 Å². The Balaban J connectivity index is 2.67. The second-order valence-electron chi connectivity index (χ2n) is 3.80. The topological polar surface area (TPSA) is 12.9 Å². The standard InChI is InChI=1S/C14H15N/c1-4-10(2)14-9-11(3)12-7-5-6-8-13(12)15-14/h5-9H,2,4H2,1,3H3. The minimum absolute atomic E-state index is 0.949. The minimum atomic E-state index is 0.949. The summed E-state index contributed by atoms with van der Waals surface area (Å²) in [5, 5.41) is 1.23. The summed E-state index contributed by atoms with van der Waals surface area (Å²) in [5.74, 6) is 0. The van der Waals surface area contributed by atoms with Gasteiger partial charge in [-0.05, 0) is 36.6 Å². The molecule has 76 valence electrons. The Hall–Kier alpha value is -1.63. The first-order valence-corrected chi connectivity index (χ1v) is 5.27. The van der Waals surface area contributed by atoms with Crippen LogP contribution < -0.4 is 0 Å². The molecule has 0 saturated heterocycles. The van der Waals surface area contributed by atoms with Gasteiger partial charge in [0, 0.05) is 5.39 Å². The molecule has 2 aromatic rings. The van der Waals surface area contributed by atoms with Gasteiger partial charge >= 0.3 is 0 Å². The lowest BCUT2D eigenvalue weighted by molar-refractivity contribution is 1.19. The second kappa shape index (κ2) is 3.85. The predicted molar refractivity (Wildman–Crippen MR) is 65.8 cm³/mol. The van der Waals surface area contributed by atoms with Gasteiger partial charge in [-0.25, -0.2) is 4.98 Å². The van der Waals surface area contributed by atoms with E-state index in [1.807, 2.05) is 12.1 Å². The Labute approximate surface area is 90.5 Å². The Morgan fingerprint density at radius 2 is 2.07 bits per heavy atom. The first kappa shape index (κ1) is 9.91. The molecule has 2 rings (SSSR count). The summed E-state index contributed by atoms with van der Waals surface area (Å²) in [5.41, 5.74) is 4.45. The van der Waals surface area contributed by atoms with Crippen molar-refractivity contribution >= 4 is 16.5 Å². The molecule has 0 aliphatic rings. The fraction of sp³-hybridized carbons (Fsp3) is 0.214. The SMILES string of the molecule is C=C(CC)c1cc(C)c2ccccc2n1. The van der Waals surface area contributed by atoms with Crippen LogP contribution >= 0.6 is 0 Å². The van der Waals surface area contributed by atoms with Gasteiger partial charge in [-0.15, -0.1) is 0 Å². The molecule has 0 fully saturated rings. The molecule has 1 nitrogen and oxygen atoms in total. The van der Waals surface area contributed by atoms with Crippen molar-refractivity contribution in [3.63, 3.8) is 0 Å². The molecule has 0 saturated carbocycles. The van der Waals surface area contributed by atoms with E-state index >= 15 is 0 Å². The number of aromatic nitrogens is 1. The van der Waals surface area contributed by atoms with Gasteiger partial charge < -0.3 is 0 Å². The summed E-state index contributed by atoms with van der Waals surface area (Å²) in [7, 11) is 0. The maximum Gasteiger partial charge on any atom is 0.0712 e. The van der Waals surface area contributed by atoms with Gasteiger partial charge in [0.15, 0.2) is 0 Å². The van der Waals surface area contributed by atoms with Crippen molar-refractivity contribution in [1.82, 2.24) is 4.98 Å². The van der Waals surface area contributed by atoms with E-state index in [2.05, 4.69) is 43.6 Å². The Bertz CT molecular complexity index is 512. The van der Waals surface area contributed by atoms with Crippen molar-refractivity contribution in [3.05, 3.63) is 48.2 Å². The zero-order chi connectivity index (χ0) is 10.8. The minimum Gasteiger partial charge on any atom is -0.248 e. The van der Waals surface area contributed by atoms with Crippen molar-refractivity contribution in [2.24, 2.45) is 0 Å². The van der Waals surface area contributed by atoms with Gasteiger partial charge in [-0.2, -0.15) is 0 Å². The van der Waals surface area contributed by atoms with E-state index in [4.69, 9.17) is 0 Å². The van der Waals surface area contributed by atoms with E-state index in [0.29, 0.717) is 0 Å². The van der Waals surface area contributed by atoms with Crippen LogP contribution in [0.3, 0.4) is 0 Å². The van der Waals surface area contributed by atoms with Crippen molar-refractivity contribution < 1.29 is 0 Å². The number of fused-ring (bicyclic) bond motifs is 1. The molecule has 0 N–H and O–H groups in total. The molecule has 0 unspecified atom stereocenters. The maximum absolute atomic E-state index is 4.61.